The first-order valence-electron chi connectivity index (χ1n) is 10.5. The highest BCUT2D eigenvalue weighted by Gasteiger charge is 2.45. The molecule has 1 fully saturated rings. The molecule has 7 nitrogen and oxygen atoms in total. The van der Waals surface area contributed by atoms with Crippen molar-refractivity contribution in [1.82, 2.24) is 4.90 Å². The minimum absolute atomic E-state index is 0.0388. The van der Waals surface area contributed by atoms with Gasteiger partial charge >= 0.3 is 5.97 Å². The summed E-state index contributed by atoms with van der Waals surface area (Å²) in [4.78, 5) is 38.5. The van der Waals surface area contributed by atoms with Gasteiger partial charge in [-0.2, -0.15) is 0 Å². The Morgan fingerprint density at radius 1 is 1.06 bits per heavy atom. The molecule has 1 aliphatic heterocycles. The molecule has 0 saturated carbocycles. The highest BCUT2D eigenvalue weighted by atomic mass is 16.5. The number of carbonyl (C=O) groups excluding carboxylic acids is 3. The Morgan fingerprint density at radius 3 is 2.28 bits per heavy atom. The molecule has 0 aromatic heterocycles. The van der Waals surface area contributed by atoms with Crippen LogP contribution in [0.2, 0.25) is 0 Å². The Bertz CT molecular complexity index is 1020. The minimum Gasteiger partial charge on any atom is -0.507 e. The third kappa shape index (κ3) is 4.89. The van der Waals surface area contributed by atoms with Crippen molar-refractivity contribution < 1.29 is 29.0 Å². The van der Waals surface area contributed by atoms with Crippen molar-refractivity contribution in [3.63, 3.8) is 0 Å². The molecule has 1 atom stereocenters. The highest BCUT2D eigenvalue weighted by Crippen LogP contribution is 2.39. The number of ketones is 1. The van der Waals surface area contributed by atoms with Crippen molar-refractivity contribution in [2.75, 3.05) is 20.3 Å². The molecule has 7 heteroatoms. The van der Waals surface area contributed by atoms with Crippen molar-refractivity contribution >= 4 is 23.4 Å². The topological polar surface area (TPSA) is 93.1 Å². The van der Waals surface area contributed by atoms with E-state index in [0.29, 0.717) is 36.4 Å². The van der Waals surface area contributed by atoms with Crippen LogP contribution in [0.5, 0.6) is 5.75 Å². The average Bonchev–Trinajstić information content (AvgIpc) is 3.04. The van der Waals surface area contributed by atoms with Crippen LogP contribution in [0.1, 0.15) is 43.0 Å². The van der Waals surface area contributed by atoms with Crippen LogP contribution in [0.4, 0.5) is 0 Å². The summed E-state index contributed by atoms with van der Waals surface area (Å²) in [5, 5.41) is 11.1. The number of likely N-dealkylation sites (tertiary alicyclic amines) is 1. The quantitative estimate of drug-likeness (QED) is 0.169. The van der Waals surface area contributed by atoms with Gasteiger partial charge in [-0.1, -0.05) is 43.3 Å². The first-order valence-corrected chi connectivity index (χ1v) is 10.5. The van der Waals surface area contributed by atoms with Crippen molar-refractivity contribution in [2.45, 2.75) is 32.7 Å². The van der Waals surface area contributed by atoms with Crippen molar-refractivity contribution in [2.24, 2.45) is 0 Å². The molecule has 1 saturated heterocycles. The van der Waals surface area contributed by atoms with Gasteiger partial charge in [0.25, 0.3) is 11.7 Å². The van der Waals surface area contributed by atoms with Crippen LogP contribution in [-0.2, 0) is 25.5 Å². The molecule has 1 aliphatic rings. The number of Topliss-reactive ketones (excluding diaryl/α,β-unsaturated/α-hetero) is 1. The molecule has 0 radical (unpaired) electrons. The first kappa shape index (κ1) is 23.2. The van der Waals surface area contributed by atoms with Gasteiger partial charge in [-0.25, -0.2) is 0 Å². The van der Waals surface area contributed by atoms with Crippen molar-refractivity contribution in [1.29, 1.82) is 0 Å². The second kappa shape index (κ2) is 10.2. The lowest BCUT2D eigenvalue weighted by atomic mass is 9.95. The number of hydrogen-bond acceptors (Lipinski definition) is 6. The molecular weight excluding hydrogens is 410 g/mol. The van der Waals surface area contributed by atoms with Gasteiger partial charge in [-0.3, -0.25) is 14.4 Å². The number of ether oxygens (including phenoxy) is 2. The predicted molar refractivity (Wildman–Crippen MR) is 119 cm³/mol. The fourth-order valence-electron chi connectivity index (χ4n) is 3.77. The van der Waals surface area contributed by atoms with Crippen LogP contribution in [0.25, 0.3) is 5.76 Å². The molecule has 1 heterocycles. The van der Waals surface area contributed by atoms with Crippen LogP contribution in [-0.4, -0.2) is 47.9 Å². The number of aliphatic hydroxyl groups is 1. The normalized spacial score (nSPS) is 17.6. The van der Waals surface area contributed by atoms with E-state index in [2.05, 4.69) is 0 Å². The third-order valence-electron chi connectivity index (χ3n) is 5.38. The maximum atomic E-state index is 13.0. The molecule has 168 valence electrons. The van der Waals surface area contributed by atoms with Crippen LogP contribution >= 0.6 is 0 Å². The average molecular weight is 437 g/mol. The Labute approximate surface area is 187 Å². The van der Waals surface area contributed by atoms with E-state index in [-0.39, 0.29) is 11.3 Å². The molecule has 1 unspecified atom stereocenters. The zero-order chi connectivity index (χ0) is 23.3. The highest BCUT2D eigenvalue weighted by molar-refractivity contribution is 6.46. The van der Waals surface area contributed by atoms with E-state index in [1.54, 1.807) is 43.5 Å². The molecule has 0 aliphatic carbocycles. The van der Waals surface area contributed by atoms with E-state index in [4.69, 9.17) is 9.47 Å². The number of hydrogen-bond donors (Lipinski definition) is 1. The molecule has 0 spiro atoms. The number of amides is 1. The van der Waals surface area contributed by atoms with Crippen LogP contribution in [0.15, 0.2) is 54.1 Å². The maximum absolute atomic E-state index is 13.0. The lowest BCUT2D eigenvalue weighted by molar-refractivity contribution is -0.140. The predicted octanol–water partition coefficient (Wildman–Crippen LogP) is 3.63. The van der Waals surface area contributed by atoms with Crippen molar-refractivity contribution in [3.8, 4) is 5.75 Å². The van der Waals surface area contributed by atoms with Crippen LogP contribution in [0, 0.1) is 0 Å². The van der Waals surface area contributed by atoms with Crippen LogP contribution < -0.4 is 4.74 Å². The Hall–Kier alpha value is -3.45. The summed E-state index contributed by atoms with van der Waals surface area (Å²) in [6, 6.07) is 13.1. The monoisotopic (exact) mass is 437 g/mol. The van der Waals surface area contributed by atoms with E-state index in [1.807, 2.05) is 19.1 Å². The number of rotatable bonds is 8. The summed E-state index contributed by atoms with van der Waals surface area (Å²) < 4.78 is 10.2. The van der Waals surface area contributed by atoms with Gasteiger partial charge in [0.2, 0.25) is 0 Å². The van der Waals surface area contributed by atoms with Gasteiger partial charge < -0.3 is 19.5 Å². The Kier molecular flexibility index (Phi) is 7.43. The Balaban J connectivity index is 2.06. The zero-order valence-corrected chi connectivity index (χ0v) is 18.5. The first-order chi connectivity index (χ1) is 15.4. The number of benzene rings is 2. The lowest BCUT2D eigenvalue weighted by Gasteiger charge is -2.25. The van der Waals surface area contributed by atoms with Gasteiger partial charge in [-0.05, 0) is 36.1 Å². The number of esters is 1. The third-order valence-corrected chi connectivity index (χ3v) is 5.38. The largest absolute Gasteiger partial charge is 0.507 e. The maximum Gasteiger partial charge on any atom is 0.308 e. The summed E-state index contributed by atoms with van der Waals surface area (Å²) >= 11 is 0. The summed E-state index contributed by atoms with van der Waals surface area (Å²) in [6.45, 7) is 4.06. The van der Waals surface area contributed by atoms with E-state index in [0.717, 1.165) is 12.0 Å². The number of aryl methyl sites for hydroxylation is 1. The van der Waals surface area contributed by atoms with Gasteiger partial charge in [-0.15, -0.1) is 0 Å². The van der Waals surface area contributed by atoms with Crippen molar-refractivity contribution in [3.05, 3.63) is 70.8 Å². The molecular formula is C25H27NO6. The van der Waals surface area contributed by atoms with E-state index in [9.17, 15) is 19.5 Å². The number of nitrogens with zero attached hydrogens (tertiary/aromatic N) is 1. The number of methoxy groups -OCH3 is 1. The molecule has 1 amide bonds. The minimum atomic E-state index is -0.760. The summed E-state index contributed by atoms with van der Waals surface area (Å²) in [6.07, 6.45) is 1.39. The summed E-state index contributed by atoms with van der Waals surface area (Å²) in [7, 11) is 1.57. The van der Waals surface area contributed by atoms with Gasteiger partial charge in [0.1, 0.15) is 11.5 Å². The lowest BCUT2D eigenvalue weighted by Crippen LogP contribution is -2.31. The fourth-order valence-corrected chi connectivity index (χ4v) is 3.77. The van der Waals surface area contributed by atoms with E-state index >= 15 is 0 Å². The smallest absolute Gasteiger partial charge is 0.308 e. The van der Waals surface area contributed by atoms with Gasteiger partial charge in [0.15, 0.2) is 0 Å². The van der Waals surface area contributed by atoms with Crippen LogP contribution in [0.3, 0.4) is 0 Å². The molecule has 32 heavy (non-hydrogen) atoms. The van der Waals surface area contributed by atoms with Gasteiger partial charge in [0, 0.05) is 32.7 Å². The molecule has 0 bridgehead atoms. The fraction of sp³-hybridized carbons (Fsp3) is 0.320. The Morgan fingerprint density at radius 2 is 1.72 bits per heavy atom. The molecule has 1 N–H and O–H groups in total. The zero-order valence-electron chi connectivity index (χ0n) is 18.5. The molecule has 2 aromatic rings. The summed E-state index contributed by atoms with van der Waals surface area (Å²) in [5.41, 5.74) is 2.24. The summed E-state index contributed by atoms with van der Waals surface area (Å²) in [5.74, 6) is -1.70. The van der Waals surface area contributed by atoms with E-state index in [1.165, 1.54) is 11.8 Å². The number of carbonyl (C=O) groups is 3. The molecule has 2 aromatic carbocycles. The van der Waals surface area contributed by atoms with Gasteiger partial charge in [0.05, 0.1) is 11.6 Å². The standard InChI is InChI=1S/C25H27NO6/c1-4-17-6-8-19(9-7-17)23(28)21-22(18-10-12-20(13-11-18)32-16(2)27)26(14-5-15-31-3)25(30)24(21)29/h6-13,22,28H,4-5,14-15H2,1-3H3/b23-21-. The second-order valence-electron chi connectivity index (χ2n) is 7.55. The van der Waals surface area contributed by atoms with E-state index < -0.39 is 23.7 Å². The molecule has 3 rings (SSSR count). The SMILES string of the molecule is CCc1ccc(/C(O)=C2/C(=O)C(=O)N(CCCOC)C2c2ccc(OC(C)=O)cc2)cc1. The number of aliphatic hydroxyl groups excluding tert-OH is 1. The second-order valence-corrected chi connectivity index (χ2v) is 7.55.